The van der Waals surface area contributed by atoms with E-state index < -0.39 is 27.9 Å². The Hall–Kier alpha value is -2.87. The van der Waals surface area contributed by atoms with Crippen LogP contribution in [0.1, 0.15) is 28.4 Å². The second-order valence-electron chi connectivity index (χ2n) is 6.56. The minimum Gasteiger partial charge on any atom is -0.465 e. The zero-order valence-electron chi connectivity index (χ0n) is 16.5. The number of hydrogen-bond donors (Lipinski definition) is 1. The number of amides is 1. The third kappa shape index (κ3) is 4.89. The first-order valence-corrected chi connectivity index (χ1v) is 10.5. The highest BCUT2D eigenvalue weighted by atomic mass is 32.2. The quantitative estimate of drug-likeness (QED) is 0.748. The molecule has 0 spiro atoms. The highest BCUT2D eigenvalue weighted by Crippen LogP contribution is 2.24. The maximum absolute atomic E-state index is 12.7. The number of rotatable bonds is 6. The molecule has 0 radical (unpaired) electrons. The minimum absolute atomic E-state index is 0.280. The molecule has 0 heterocycles. The number of nitrogens with zero attached hydrogens (tertiary/aromatic N) is 1. The minimum atomic E-state index is -3.71. The summed E-state index contributed by atoms with van der Waals surface area (Å²) < 4.78 is 30.5. The second-order valence-corrected chi connectivity index (χ2v) is 8.42. The Morgan fingerprint density at radius 1 is 1.07 bits per heavy atom. The van der Waals surface area contributed by atoms with Crippen molar-refractivity contribution in [3.05, 3.63) is 59.2 Å². The van der Waals surface area contributed by atoms with E-state index in [9.17, 15) is 18.0 Å². The largest absolute Gasteiger partial charge is 0.465 e. The van der Waals surface area contributed by atoms with Gasteiger partial charge in [0.1, 0.15) is 6.04 Å². The van der Waals surface area contributed by atoms with Crippen LogP contribution in [0.25, 0.3) is 0 Å². The molecule has 2 aromatic carbocycles. The van der Waals surface area contributed by atoms with Crippen molar-refractivity contribution in [3.8, 4) is 0 Å². The van der Waals surface area contributed by atoms with Crippen molar-refractivity contribution < 1.29 is 22.7 Å². The molecule has 0 saturated carbocycles. The Morgan fingerprint density at radius 2 is 1.75 bits per heavy atom. The van der Waals surface area contributed by atoms with Gasteiger partial charge in [0.15, 0.2) is 0 Å². The number of aryl methyl sites for hydroxylation is 2. The van der Waals surface area contributed by atoms with Crippen LogP contribution in [0.15, 0.2) is 42.5 Å². The lowest BCUT2D eigenvalue weighted by Gasteiger charge is -2.28. The molecule has 0 aliphatic heterocycles. The summed E-state index contributed by atoms with van der Waals surface area (Å²) in [5, 5.41) is 2.66. The van der Waals surface area contributed by atoms with Gasteiger partial charge in [-0.1, -0.05) is 12.1 Å². The van der Waals surface area contributed by atoms with E-state index in [4.69, 9.17) is 0 Å². The molecular weight excluding hydrogens is 380 g/mol. The molecule has 2 rings (SSSR count). The van der Waals surface area contributed by atoms with Gasteiger partial charge >= 0.3 is 5.97 Å². The third-order valence-corrected chi connectivity index (χ3v) is 5.63. The van der Waals surface area contributed by atoms with Crippen LogP contribution >= 0.6 is 0 Å². The van der Waals surface area contributed by atoms with Crippen LogP contribution in [0.3, 0.4) is 0 Å². The molecule has 7 nitrogen and oxygen atoms in total. The van der Waals surface area contributed by atoms with Crippen LogP contribution < -0.4 is 9.62 Å². The van der Waals surface area contributed by atoms with Gasteiger partial charge in [0.25, 0.3) is 0 Å². The summed E-state index contributed by atoms with van der Waals surface area (Å²) in [5.41, 5.74) is 3.00. The van der Waals surface area contributed by atoms with Crippen molar-refractivity contribution in [2.45, 2.75) is 26.8 Å². The molecule has 0 fully saturated rings. The average molecular weight is 404 g/mol. The van der Waals surface area contributed by atoms with Gasteiger partial charge < -0.3 is 10.1 Å². The number of benzene rings is 2. The summed E-state index contributed by atoms with van der Waals surface area (Å²) in [7, 11) is -2.44. The Bertz CT molecular complexity index is 1000. The molecule has 0 saturated heterocycles. The molecule has 1 atom stereocenters. The lowest BCUT2D eigenvalue weighted by molar-refractivity contribution is -0.116. The van der Waals surface area contributed by atoms with Gasteiger partial charge in [-0.15, -0.1) is 0 Å². The van der Waals surface area contributed by atoms with Crippen molar-refractivity contribution >= 4 is 33.3 Å². The number of nitrogens with one attached hydrogen (secondary N) is 1. The zero-order chi connectivity index (χ0) is 21.1. The monoisotopic (exact) mass is 404 g/mol. The van der Waals surface area contributed by atoms with Gasteiger partial charge in [-0.05, 0) is 62.2 Å². The van der Waals surface area contributed by atoms with Gasteiger partial charge in [-0.25, -0.2) is 13.2 Å². The summed E-state index contributed by atoms with van der Waals surface area (Å²) in [4.78, 5) is 24.4. The zero-order valence-corrected chi connectivity index (χ0v) is 17.3. The number of methoxy groups -OCH3 is 1. The molecule has 150 valence electrons. The smallest absolute Gasteiger partial charge is 0.337 e. The standard InChI is InChI=1S/C20H24N2O5S/c1-13-9-10-18(11-14(13)2)22(28(5,25)26)15(3)19(23)21-17-8-6-7-16(12-17)20(24)27-4/h6-12,15H,1-5H3,(H,21,23). The molecule has 0 aliphatic carbocycles. The van der Waals surface area contributed by atoms with Crippen LogP contribution in [-0.2, 0) is 19.6 Å². The molecule has 1 amide bonds. The summed E-state index contributed by atoms with van der Waals surface area (Å²) >= 11 is 0. The summed E-state index contributed by atoms with van der Waals surface area (Å²) in [6.07, 6.45) is 1.06. The first-order chi connectivity index (χ1) is 13.0. The first-order valence-electron chi connectivity index (χ1n) is 8.60. The topological polar surface area (TPSA) is 92.8 Å². The van der Waals surface area contributed by atoms with E-state index in [1.165, 1.54) is 20.1 Å². The maximum Gasteiger partial charge on any atom is 0.337 e. The van der Waals surface area contributed by atoms with E-state index >= 15 is 0 Å². The fraction of sp³-hybridized carbons (Fsp3) is 0.300. The third-order valence-electron chi connectivity index (χ3n) is 4.38. The molecule has 28 heavy (non-hydrogen) atoms. The van der Waals surface area contributed by atoms with Crippen LogP contribution in [0.4, 0.5) is 11.4 Å². The Balaban J connectivity index is 2.32. The van der Waals surface area contributed by atoms with Crippen molar-refractivity contribution in [3.63, 3.8) is 0 Å². The Morgan fingerprint density at radius 3 is 2.32 bits per heavy atom. The van der Waals surface area contributed by atoms with Crippen LogP contribution in [0.5, 0.6) is 0 Å². The van der Waals surface area contributed by atoms with E-state index in [2.05, 4.69) is 10.1 Å². The van der Waals surface area contributed by atoms with E-state index in [-0.39, 0.29) is 5.56 Å². The normalized spacial score (nSPS) is 12.2. The van der Waals surface area contributed by atoms with E-state index in [1.807, 2.05) is 19.9 Å². The predicted molar refractivity (Wildman–Crippen MR) is 109 cm³/mol. The first kappa shape index (κ1) is 21.4. The molecule has 2 aromatic rings. The number of ether oxygens (including phenoxy) is 1. The van der Waals surface area contributed by atoms with Crippen LogP contribution in [-0.4, -0.2) is 39.7 Å². The van der Waals surface area contributed by atoms with Crippen LogP contribution in [0.2, 0.25) is 0 Å². The highest BCUT2D eigenvalue weighted by molar-refractivity contribution is 7.92. The maximum atomic E-state index is 12.7. The number of carbonyl (C=O) groups is 2. The van der Waals surface area contributed by atoms with Gasteiger partial charge in [0, 0.05) is 5.69 Å². The van der Waals surface area contributed by atoms with Gasteiger partial charge in [0.05, 0.1) is 24.6 Å². The van der Waals surface area contributed by atoms with Gasteiger partial charge in [-0.3, -0.25) is 9.10 Å². The molecular formula is C20H24N2O5S. The SMILES string of the molecule is COC(=O)c1cccc(NC(=O)C(C)N(c2ccc(C)c(C)c2)S(C)(=O)=O)c1. The summed E-state index contributed by atoms with van der Waals surface area (Å²) in [6.45, 7) is 5.31. The van der Waals surface area contributed by atoms with Crippen molar-refractivity contribution in [2.75, 3.05) is 23.0 Å². The second kappa shape index (κ2) is 8.43. The fourth-order valence-electron chi connectivity index (χ4n) is 2.76. The number of carbonyl (C=O) groups excluding carboxylic acids is 2. The number of hydrogen-bond acceptors (Lipinski definition) is 5. The van der Waals surface area contributed by atoms with Gasteiger partial charge in [-0.2, -0.15) is 0 Å². The number of sulfonamides is 1. The Kier molecular flexibility index (Phi) is 6.45. The highest BCUT2D eigenvalue weighted by Gasteiger charge is 2.29. The summed E-state index contributed by atoms with van der Waals surface area (Å²) in [5.74, 6) is -1.05. The lowest BCUT2D eigenvalue weighted by Crippen LogP contribution is -2.45. The Labute approximate surface area is 165 Å². The number of esters is 1. The molecule has 0 aliphatic rings. The van der Waals surface area contributed by atoms with Gasteiger partial charge in [0.2, 0.25) is 15.9 Å². The summed E-state index contributed by atoms with van der Waals surface area (Å²) in [6, 6.07) is 10.5. The van der Waals surface area contributed by atoms with Crippen molar-refractivity contribution in [2.24, 2.45) is 0 Å². The number of anilines is 2. The molecule has 8 heteroatoms. The van der Waals surface area contributed by atoms with Crippen molar-refractivity contribution in [1.29, 1.82) is 0 Å². The van der Waals surface area contributed by atoms with Crippen molar-refractivity contribution in [1.82, 2.24) is 0 Å². The van der Waals surface area contributed by atoms with E-state index in [1.54, 1.807) is 30.3 Å². The van der Waals surface area contributed by atoms with E-state index in [0.717, 1.165) is 21.7 Å². The lowest BCUT2D eigenvalue weighted by atomic mass is 10.1. The van der Waals surface area contributed by atoms with E-state index in [0.29, 0.717) is 11.4 Å². The molecule has 0 bridgehead atoms. The molecule has 0 aromatic heterocycles. The predicted octanol–water partition coefficient (Wildman–Crippen LogP) is 2.88. The molecule has 1 unspecified atom stereocenters. The fourth-order valence-corrected chi connectivity index (χ4v) is 3.93. The van der Waals surface area contributed by atoms with Crippen LogP contribution in [0, 0.1) is 13.8 Å². The average Bonchev–Trinajstić information content (AvgIpc) is 2.63. The molecule has 1 N–H and O–H groups in total.